The molecule has 1 aliphatic heterocycles. The van der Waals surface area contributed by atoms with E-state index < -0.39 is 31.0 Å². The topological polar surface area (TPSA) is 80.3 Å². The molecule has 2 unspecified atom stereocenters. The van der Waals surface area contributed by atoms with Crippen LogP contribution in [0.4, 0.5) is 0 Å². The van der Waals surface area contributed by atoms with Gasteiger partial charge in [0.05, 0.1) is 16.8 Å². The van der Waals surface area contributed by atoms with Crippen molar-refractivity contribution >= 4 is 31.0 Å². The minimum absolute atomic E-state index is 0.145. The highest BCUT2D eigenvalue weighted by atomic mass is 32.2. The van der Waals surface area contributed by atoms with Crippen LogP contribution in [0.1, 0.15) is 11.1 Å². The molecule has 1 fully saturated rings. The second-order valence-electron chi connectivity index (χ2n) is 6.01. The van der Waals surface area contributed by atoms with Gasteiger partial charge in [-0.1, -0.05) is 30.3 Å². The van der Waals surface area contributed by atoms with E-state index in [1.165, 1.54) is 6.07 Å². The third-order valence-electron chi connectivity index (χ3n) is 4.29. The van der Waals surface area contributed by atoms with Crippen LogP contribution in [0, 0.1) is 6.92 Å². The quantitative estimate of drug-likeness (QED) is 0.849. The highest BCUT2D eigenvalue weighted by Crippen LogP contribution is 2.28. The van der Waals surface area contributed by atoms with Gasteiger partial charge in [0.15, 0.2) is 19.7 Å². The molecule has 1 aliphatic rings. The maximum atomic E-state index is 12.8. The molecule has 1 N–H and O–H groups in total. The number of nitrogens with one attached hydrogen (secondary N) is 1. The summed E-state index contributed by atoms with van der Waals surface area (Å²) in [5, 5.41) is 3.91. The lowest BCUT2D eigenvalue weighted by atomic mass is 10.1. The van der Waals surface area contributed by atoms with E-state index in [2.05, 4.69) is 5.32 Å². The normalized spacial score (nSPS) is 23.4. The zero-order chi connectivity index (χ0) is 17.4. The third-order valence-corrected chi connectivity index (χ3v) is 9.87. The molecule has 24 heavy (non-hydrogen) atoms. The van der Waals surface area contributed by atoms with Crippen molar-refractivity contribution in [3.05, 3.63) is 52.9 Å². The molecule has 0 bridgehead atoms. The summed E-state index contributed by atoms with van der Waals surface area (Å²) in [4.78, 5) is 0. The fourth-order valence-corrected chi connectivity index (χ4v) is 8.88. The van der Waals surface area contributed by atoms with Crippen molar-refractivity contribution in [1.82, 2.24) is 5.32 Å². The molecular formula is C16H19NO4S3. The first kappa shape index (κ1) is 17.6. The highest BCUT2D eigenvalue weighted by Gasteiger charge is 2.45. The predicted octanol–water partition coefficient (Wildman–Crippen LogP) is 1.79. The van der Waals surface area contributed by atoms with Crippen molar-refractivity contribution in [2.75, 3.05) is 11.5 Å². The summed E-state index contributed by atoms with van der Waals surface area (Å²) < 4.78 is 49.9. The summed E-state index contributed by atoms with van der Waals surface area (Å²) in [6.45, 7) is 2.42. The first-order chi connectivity index (χ1) is 11.3. The van der Waals surface area contributed by atoms with Gasteiger partial charge in [-0.05, 0) is 29.5 Å². The molecule has 0 amide bonds. The molecule has 8 heteroatoms. The Morgan fingerprint density at radius 1 is 1.17 bits per heavy atom. The molecule has 0 radical (unpaired) electrons. The van der Waals surface area contributed by atoms with Crippen LogP contribution in [0.25, 0.3) is 0 Å². The number of hydrogen-bond acceptors (Lipinski definition) is 6. The van der Waals surface area contributed by atoms with Gasteiger partial charge in [-0.3, -0.25) is 0 Å². The van der Waals surface area contributed by atoms with E-state index in [1.807, 2.05) is 31.2 Å². The fourth-order valence-electron chi connectivity index (χ4n) is 2.94. The Balaban J connectivity index is 1.84. The molecule has 2 aromatic rings. The van der Waals surface area contributed by atoms with E-state index in [9.17, 15) is 16.8 Å². The SMILES string of the molecule is Cc1ccccc1CNC1CS(=O)(=O)CC1S(=O)(=O)c1cccs1. The fraction of sp³-hybridized carbons (Fsp3) is 0.375. The molecule has 130 valence electrons. The lowest BCUT2D eigenvalue weighted by Crippen LogP contribution is -2.42. The summed E-state index contributed by atoms with van der Waals surface area (Å²) >= 11 is 1.13. The van der Waals surface area contributed by atoms with Crippen molar-refractivity contribution in [2.24, 2.45) is 0 Å². The Labute approximate surface area is 146 Å². The van der Waals surface area contributed by atoms with Crippen LogP contribution in [0.15, 0.2) is 46.0 Å². The van der Waals surface area contributed by atoms with Gasteiger partial charge < -0.3 is 5.32 Å². The summed E-state index contributed by atoms with van der Waals surface area (Å²) in [5.74, 6) is -0.465. The highest BCUT2D eigenvalue weighted by molar-refractivity contribution is 7.97. The van der Waals surface area contributed by atoms with Crippen LogP contribution in [0.2, 0.25) is 0 Å². The molecule has 5 nitrogen and oxygen atoms in total. The smallest absolute Gasteiger partial charge is 0.193 e. The molecular weight excluding hydrogens is 366 g/mol. The zero-order valence-corrected chi connectivity index (χ0v) is 15.6. The van der Waals surface area contributed by atoms with Crippen molar-refractivity contribution in [3.8, 4) is 0 Å². The molecule has 1 aromatic heterocycles. The van der Waals surface area contributed by atoms with Gasteiger partial charge in [-0.15, -0.1) is 11.3 Å². The van der Waals surface area contributed by atoms with Gasteiger partial charge in [0.25, 0.3) is 0 Å². The number of sulfone groups is 2. The second-order valence-corrected chi connectivity index (χ2v) is 11.5. The molecule has 1 aromatic carbocycles. The Morgan fingerprint density at radius 2 is 1.92 bits per heavy atom. The lowest BCUT2D eigenvalue weighted by molar-refractivity contribution is 0.526. The van der Waals surface area contributed by atoms with Gasteiger partial charge in [0.1, 0.15) is 4.21 Å². The number of hydrogen-bond donors (Lipinski definition) is 1. The first-order valence-corrected chi connectivity index (χ1v) is 11.8. The van der Waals surface area contributed by atoms with E-state index in [4.69, 9.17) is 0 Å². The summed E-state index contributed by atoms with van der Waals surface area (Å²) in [6.07, 6.45) is 0. The van der Waals surface area contributed by atoms with Gasteiger partial charge in [-0.25, -0.2) is 16.8 Å². The molecule has 0 aliphatic carbocycles. The van der Waals surface area contributed by atoms with Crippen molar-refractivity contribution in [3.63, 3.8) is 0 Å². The van der Waals surface area contributed by atoms with E-state index >= 15 is 0 Å². The average Bonchev–Trinajstić information content (AvgIpc) is 3.14. The number of rotatable bonds is 5. The van der Waals surface area contributed by atoms with Gasteiger partial charge >= 0.3 is 0 Å². The van der Waals surface area contributed by atoms with E-state index in [0.29, 0.717) is 6.54 Å². The van der Waals surface area contributed by atoms with Crippen molar-refractivity contribution < 1.29 is 16.8 Å². The average molecular weight is 386 g/mol. The Bertz CT molecular complexity index is 918. The van der Waals surface area contributed by atoms with Crippen LogP contribution in [-0.4, -0.2) is 39.6 Å². The van der Waals surface area contributed by atoms with Crippen LogP contribution < -0.4 is 5.32 Å². The van der Waals surface area contributed by atoms with Crippen molar-refractivity contribution in [2.45, 2.75) is 29.0 Å². The maximum Gasteiger partial charge on any atom is 0.193 e. The minimum Gasteiger partial charge on any atom is -0.308 e. The Kier molecular flexibility index (Phi) is 4.83. The van der Waals surface area contributed by atoms with Crippen LogP contribution in [-0.2, 0) is 26.2 Å². The van der Waals surface area contributed by atoms with E-state index in [1.54, 1.807) is 11.4 Å². The maximum absolute atomic E-state index is 12.8. The van der Waals surface area contributed by atoms with E-state index in [-0.39, 0.29) is 15.7 Å². The number of aryl methyl sites for hydroxylation is 1. The summed E-state index contributed by atoms with van der Waals surface area (Å²) in [6, 6.07) is 10.4. The molecule has 0 saturated carbocycles. The van der Waals surface area contributed by atoms with Crippen LogP contribution in [0.3, 0.4) is 0 Å². The van der Waals surface area contributed by atoms with Gasteiger partial charge in [0.2, 0.25) is 0 Å². The van der Waals surface area contributed by atoms with Crippen LogP contribution >= 0.6 is 11.3 Å². The molecule has 2 atom stereocenters. The van der Waals surface area contributed by atoms with Gasteiger partial charge in [-0.2, -0.15) is 0 Å². The summed E-state index contributed by atoms with van der Waals surface area (Å²) in [5.41, 5.74) is 2.12. The monoisotopic (exact) mass is 385 g/mol. The third kappa shape index (κ3) is 3.56. The number of thiophene rings is 1. The largest absolute Gasteiger partial charge is 0.308 e. The predicted molar refractivity (Wildman–Crippen MR) is 95.8 cm³/mol. The van der Waals surface area contributed by atoms with Gasteiger partial charge in [0, 0.05) is 12.6 Å². The number of benzene rings is 1. The zero-order valence-electron chi connectivity index (χ0n) is 13.2. The molecule has 2 heterocycles. The minimum atomic E-state index is -3.65. The van der Waals surface area contributed by atoms with Crippen LogP contribution in [0.5, 0.6) is 0 Å². The van der Waals surface area contributed by atoms with E-state index in [0.717, 1.165) is 22.5 Å². The first-order valence-electron chi connectivity index (χ1n) is 7.55. The Morgan fingerprint density at radius 3 is 2.58 bits per heavy atom. The standard InChI is InChI=1S/C16H19NO4S3/c1-12-5-2-3-6-13(12)9-17-14-10-23(18,19)11-15(14)24(20,21)16-7-4-8-22-16/h2-8,14-15,17H,9-11H2,1H3. The summed E-state index contributed by atoms with van der Waals surface area (Å²) in [7, 11) is -7.02. The van der Waals surface area contributed by atoms with Crippen molar-refractivity contribution in [1.29, 1.82) is 0 Å². The second kappa shape index (κ2) is 6.59. The Hall–Kier alpha value is -1.22. The molecule has 1 saturated heterocycles. The molecule has 3 rings (SSSR count). The lowest BCUT2D eigenvalue weighted by Gasteiger charge is -2.19. The molecule has 0 spiro atoms.